The molecule has 0 bridgehead atoms. The fraction of sp³-hybridized carbons (Fsp3) is 0.190. The molecule has 9 heteroatoms. The molecule has 2 aromatic heterocycles. The molecule has 0 aliphatic heterocycles. The fourth-order valence-corrected chi connectivity index (χ4v) is 3.45. The Bertz CT molecular complexity index is 1110. The topological polar surface area (TPSA) is 90.4 Å². The monoisotopic (exact) mass is 443 g/mol. The number of carbonyl (C=O) groups excluding carboxylic acids is 1. The highest BCUT2D eigenvalue weighted by molar-refractivity contribution is 7.99. The zero-order valence-electron chi connectivity index (χ0n) is 16.0. The first-order valence-corrected chi connectivity index (χ1v) is 10.5. The molecule has 1 amide bonds. The Morgan fingerprint density at radius 2 is 1.97 bits per heavy atom. The average Bonchev–Trinajstić information content (AvgIpc) is 3.39. The van der Waals surface area contributed by atoms with Crippen LogP contribution < -0.4 is 10.1 Å². The molecule has 0 saturated carbocycles. The van der Waals surface area contributed by atoms with E-state index in [0.29, 0.717) is 27.6 Å². The zero-order valence-corrected chi connectivity index (χ0v) is 17.6. The fourth-order valence-electron chi connectivity index (χ4n) is 2.73. The van der Waals surface area contributed by atoms with E-state index >= 15 is 0 Å². The molecular formula is C21H18ClN3O4S. The number of rotatable bonds is 8. The van der Waals surface area contributed by atoms with Crippen molar-refractivity contribution in [2.45, 2.75) is 24.8 Å². The van der Waals surface area contributed by atoms with Crippen molar-refractivity contribution in [1.82, 2.24) is 15.5 Å². The van der Waals surface area contributed by atoms with Crippen LogP contribution in [0.4, 0.5) is 0 Å². The number of para-hydroxylation sites is 1. The van der Waals surface area contributed by atoms with Gasteiger partial charge in [-0.05, 0) is 43.3 Å². The van der Waals surface area contributed by atoms with Gasteiger partial charge in [0.15, 0.2) is 6.61 Å². The Balaban J connectivity index is 1.25. The number of fused-ring (bicyclic) bond motifs is 1. The summed E-state index contributed by atoms with van der Waals surface area (Å²) in [6.07, 6.45) is 0. The molecule has 30 heavy (non-hydrogen) atoms. The van der Waals surface area contributed by atoms with Gasteiger partial charge in [0.2, 0.25) is 5.91 Å². The summed E-state index contributed by atoms with van der Waals surface area (Å²) in [5.41, 5.74) is 0.794. The molecule has 2 aromatic carbocycles. The second-order valence-electron chi connectivity index (χ2n) is 6.47. The maximum atomic E-state index is 12.3. The summed E-state index contributed by atoms with van der Waals surface area (Å²) in [5, 5.41) is 12.7. The number of halogens is 1. The van der Waals surface area contributed by atoms with Gasteiger partial charge in [0.05, 0.1) is 11.8 Å². The normalized spacial score (nSPS) is 12.1. The summed E-state index contributed by atoms with van der Waals surface area (Å²) >= 11 is 7.00. The number of nitrogens with zero attached hydrogens (tertiary/aromatic N) is 2. The first kappa shape index (κ1) is 20.3. The van der Waals surface area contributed by atoms with Gasteiger partial charge in [0, 0.05) is 10.4 Å². The van der Waals surface area contributed by atoms with Crippen LogP contribution in [0.1, 0.15) is 24.6 Å². The number of amides is 1. The minimum atomic E-state index is -0.253. The van der Waals surface area contributed by atoms with Gasteiger partial charge in [-0.25, -0.2) is 0 Å². The third-order valence-electron chi connectivity index (χ3n) is 4.20. The molecule has 4 aromatic rings. The van der Waals surface area contributed by atoms with E-state index in [2.05, 4.69) is 15.5 Å². The lowest BCUT2D eigenvalue weighted by Gasteiger charge is -2.10. The molecule has 0 saturated heterocycles. The number of thioether (sulfide) groups is 1. The quantitative estimate of drug-likeness (QED) is 0.382. The van der Waals surface area contributed by atoms with Gasteiger partial charge >= 0.3 is 0 Å². The van der Waals surface area contributed by atoms with E-state index in [1.165, 1.54) is 0 Å². The SMILES string of the molecule is C[C@H](NC(=O)CSc1nnc(COc2ccc(Cl)cc2)o1)c1cc2ccccc2o1. The minimum absolute atomic E-state index is 0.129. The van der Waals surface area contributed by atoms with Crippen molar-refractivity contribution in [3.63, 3.8) is 0 Å². The largest absolute Gasteiger partial charge is 0.484 e. The second-order valence-corrected chi connectivity index (χ2v) is 7.83. The molecule has 0 aliphatic carbocycles. The summed E-state index contributed by atoms with van der Waals surface area (Å²) in [5.74, 6) is 1.65. The predicted octanol–water partition coefficient (Wildman–Crippen LogP) is 5.02. The summed E-state index contributed by atoms with van der Waals surface area (Å²) in [6, 6.07) is 16.4. The van der Waals surface area contributed by atoms with Crippen molar-refractivity contribution in [3.8, 4) is 5.75 Å². The molecule has 0 aliphatic rings. The molecule has 1 atom stereocenters. The molecule has 1 N–H and O–H groups in total. The number of nitrogens with one attached hydrogen (secondary N) is 1. The minimum Gasteiger partial charge on any atom is -0.484 e. The van der Waals surface area contributed by atoms with Gasteiger partial charge in [-0.3, -0.25) is 4.79 Å². The first-order valence-electron chi connectivity index (χ1n) is 9.18. The number of carbonyl (C=O) groups is 1. The average molecular weight is 444 g/mol. The number of hydrogen-bond acceptors (Lipinski definition) is 7. The first-order chi connectivity index (χ1) is 14.6. The maximum absolute atomic E-state index is 12.3. The molecule has 0 unspecified atom stereocenters. The van der Waals surface area contributed by atoms with Gasteiger partial charge in [0.1, 0.15) is 17.1 Å². The van der Waals surface area contributed by atoms with E-state index in [-0.39, 0.29) is 24.3 Å². The summed E-state index contributed by atoms with van der Waals surface area (Å²) in [6.45, 7) is 2.00. The predicted molar refractivity (Wildman–Crippen MR) is 114 cm³/mol. The Kier molecular flexibility index (Phi) is 6.25. The van der Waals surface area contributed by atoms with E-state index in [1.54, 1.807) is 24.3 Å². The second kappa shape index (κ2) is 9.23. The molecule has 154 valence electrons. The number of benzene rings is 2. The molecule has 7 nitrogen and oxygen atoms in total. The Morgan fingerprint density at radius 1 is 1.17 bits per heavy atom. The third-order valence-corrected chi connectivity index (χ3v) is 5.27. The van der Waals surface area contributed by atoms with Crippen LogP contribution >= 0.6 is 23.4 Å². The zero-order chi connectivity index (χ0) is 20.9. The highest BCUT2D eigenvalue weighted by Crippen LogP contribution is 2.24. The molecule has 2 heterocycles. The van der Waals surface area contributed by atoms with Crippen LogP contribution in [-0.4, -0.2) is 21.9 Å². The molecule has 0 spiro atoms. The van der Waals surface area contributed by atoms with Gasteiger partial charge in [-0.2, -0.15) is 0 Å². The van der Waals surface area contributed by atoms with Crippen molar-refractivity contribution in [2.24, 2.45) is 0 Å². The number of hydrogen-bond donors (Lipinski definition) is 1. The lowest BCUT2D eigenvalue weighted by Crippen LogP contribution is -2.27. The summed E-state index contributed by atoms with van der Waals surface area (Å²) in [7, 11) is 0. The van der Waals surface area contributed by atoms with Crippen LogP contribution in [0.3, 0.4) is 0 Å². The van der Waals surface area contributed by atoms with Crippen LogP contribution in [0.5, 0.6) is 5.75 Å². The smallest absolute Gasteiger partial charge is 0.277 e. The van der Waals surface area contributed by atoms with Crippen LogP contribution in [-0.2, 0) is 11.4 Å². The lowest BCUT2D eigenvalue weighted by atomic mass is 10.2. The van der Waals surface area contributed by atoms with E-state index in [0.717, 1.165) is 22.7 Å². The summed E-state index contributed by atoms with van der Waals surface area (Å²) in [4.78, 5) is 12.3. The third kappa shape index (κ3) is 5.14. The van der Waals surface area contributed by atoms with Crippen LogP contribution in [0.15, 0.2) is 68.7 Å². The van der Waals surface area contributed by atoms with E-state index in [1.807, 2.05) is 37.3 Å². The van der Waals surface area contributed by atoms with Crippen LogP contribution in [0, 0.1) is 0 Å². The maximum Gasteiger partial charge on any atom is 0.277 e. The van der Waals surface area contributed by atoms with Gasteiger partial charge in [0.25, 0.3) is 11.1 Å². The van der Waals surface area contributed by atoms with Crippen molar-refractivity contribution in [1.29, 1.82) is 0 Å². The van der Waals surface area contributed by atoms with Gasteiger partial charge in [-0.1, -0.05) is 41.6 Å². The van der Waals surface area contributed by atoms with Gasteiger partial charge in [-0.15, -0.1) is 10.2 Å². The number of ether oxygens (including phenoxy) is 1. The van der Waals surface area contributed by atoms with Gasteiger partial charge < -0.3 is 18.9 Å². The number of aromatic nitrogens is 2. The molecular weight excluding hydrogens is 426 g/mol. The van der Waals surface area contributed by atoms with Crippen LogP contribution in [0.25, 0.3) is 11.0 Å². The lowest BCUT2D eigenvalue weighted by molar-refractivity contribution is -0.119. The van der Waals surface area contributed by atoms with Crippen molar-refractivity contribution in [2.75, 3.05) is 5.75 Å². The van der Waals surface area contributed by atoms with Crippen molar-refractivity contribution < 1.29 is 18.4 Å². The van der Waals surface area contributed by atoms with Crippen LogP contribution in [0.2, 0.25) is 5.02 Å². The molecule has 4 rings (SSSR count). The van der Waals surface area contributed by atoms with E-state index in [4.69, 9.17) is 25.2 Å². The highest BCUT2D eigenvalue weighted by atomic mass is 35.5. The van der Waals surface area contributed by atoms with E-state index in [9.17, 15) is 4.79 Å². The Hall–Kier alpha value is -2.97. The molecule has 0 radical (unpaired) electrons. The van der Waals surface area contributed by atoms with Crippen molar-refractivity contribution >= 4 is 40.2 Å². The molecule has 0 fully saturated rings. The Morgan fingerprint density at radius 3 is 2.77 bits per heavy atom. The summed E-state index contributed by atoms with van der Waals surface area (Å²) < 4.78 is 16.8. The standard InChI is InChI=1S/C21H18ClN3O4S/c1-13(18-10-14-4-2-3-5-17(14)28-18)23-19(26)12-30-21-25-24-20(29-21)11-27-16-8-6-15(22)7-9-16/h2-10,13H,11-12H2,1H3,(H,23,26)/t13-/m0/s1. The highest BCUT2D eigenvalue weighted by Gasteiger charge is 2.16. The number of furan rings is 1. The van der Waals surface area contributed by atoms with E-state index < -0.39 is 0 Å². The van der Waals surface area contributed by atoms with Crippen molar-refractivity contribution in [3.05, 3.63) is 71.3 Å². The Labute approximate surface area is 181 Å².